The van der Waals surface area contributed by atoms with E-state index in [1.54, 1.807) is 17.5 Å². The van der Waals surface area contributed by atoms with Gasteiger partial charge in [0.05, 0.1) is 13.2 Å². The van der Waals surface area contributed by atoms with Crippen molar-refractivity contribution in [2.45, 2.75) is 12.7 Å². The molecule has 0 aliphatic carbocycles. The molecule has 0 bridgehead atoms. The number of amides is 1. The Bertz CT molecular complexity index is 351. The van der Waals surface area contributed by atoms with E-state index in [0.717, 1.165) is 4.90 Å². The van der Waals surface area contributed by atoms with Gasteiger partial charge >= 0.3 is 12.1 Å². The molecule has 0 aliphatic rings. The lowest BCUT2D eigenvalue weighted by Gasteiger charge is -2.22. The summed E-state index contributed by atoms with van der Waals surface area (Å²) in [6.07, 6.45) is -4.84. The number of nitrogens with zero attached hydrogens (tertiary/aromatic N) is 1. The summed E-state index contributed by atoms with van der Waals surface area (Å²) in [6, 6.07) is 3.42. The highest BCUT2D eigenvalue weighted by atomic mass is 32.1. The lowest BCUT2D eigenvalue weighted by atomic mass is 10.4. The summed E-state index contributed by atoms with van der Waals surface area (Å²) in [5.41, 5.74) is 0. The average Bonchev–Trinajstić information content (AvgIpc) is 2.74. The second-order valence-corrected chi connectivity index (χ2v) is 4.33. The Kier molecular flexibility index (Phi) is 4.95. The van der Waals surface area contributed by atoms with Crippen LogP contribution in [0.4, 0.5) is 13.2 Å². The molecule has 0 saturated heterocycles. The maximum absolute atomic E-state index is 12.3. The van der Waals surface area contributed by atoms with Crippen LogP contribution in [-0.2, 0) is 16.1 Å². The van der Waals surface area contributed by atoms with Crippen LogP contribution < -0.4 is 0 Å². The second-order valence-electron chi connectivity index (χ2n) is 3.30. The van der Waals surface area contributed by atoms with Crippen molar-refractivity contribution in [2.24, 2.45) is 0 Å². The molecule has 17 heavy (non-hydrogen) atoms. The SMILES string of the molecule is COCCN(Cc1cccs1)C(=O)C(F)(F)F. The number of thiophene rings is 1. The van der Waals surface area contributed by atoms with Crippen LogP contribution >= 0.6 is 11.3 Å². The van der Waals surface area contributed by atoms with Crippen molar-refractivity contribution < 1.29 is 22.7 Å². The molecule has 0 radical (unpaired) electrons. The molecule has 1 aromatic rings. The van der Waals surface area contributed by atoms with E-state index >= 15 is 0 Å². The van der Waals surface area contributed by atoms with Crippen LogP contribution in [0.1, 0.15) is 4.88 Å². The summed E-state index contributed by atoms with van der Waals surface area (Å²) in [5, 5.41) is 1.75. The van der Waals surface area contributed by atoms with Crippen LogP contribution in [0.15, 0.2) is 17.5 Å². The molecule has 1 heterocycles. The monoisotopic (exact) mass is 267 g/mol. The van der Waals surface area contributed by atoms with Gasteiger partial charge in [0.15, 0.2) is 0 Å². The fourth-order valence-corrected chi connectivity index (χ4v) is 1.94. The van der Waals surface area contributed by atoms with Crippen LogP contribution in [0.5, 0.6) is 0 Å². The van der Waals surface area contributed by atoms with Gasteiger partial charge in [-0.15, -0.1) is 11.3 Å². The van der Waals surface area contributed by atoms with Gasteiger partial charge < -0.3 is 9.64 Å². The van der Waals surface area contributed by atoms with Crippen molar-refractivity contribution in [3.63, 3.8) is 0 Å². The van der Waals surface area contributed by atoms with Crippen molar-refractivity contribution in [3.8, 4) is 0 Å². The standard InChI is InChI=1S/C10H12F3NO2S/c1-16-5-4-14(9(15)10(11,12)13)7-8-3-2-6-17-8/h2-3,6H,4-5,7H2,1H3. The highest BCUT2D eigenvalue weighted by molar-refractivity contribution is 7.09. The van der Waals surface area contributed by atoms with E-state index in [9.17, 15) is 18.0 Å². The van der Waals surface area contributed by atoms with Gasteiger partial charge in [0.1, 0.15) is 0 Å². The molecular formula is C10H12F3NO2S. The Morgan fingerprint density at radius 3 is 2.71 bits per heavy atom. The quantitative estimate of drug-likeness (QED) is 0.819. The Morgan fingerprint density at radius 2 is 2.24 bits per heavy atom. The third-order valence-electron chi connectivity index (χ3n) is 2.02. The fourth-order valence-electron chi connectivity index (χ4n) is 1.22. The molecule has 0 N–H and O–H groups in total. The number of ether oxygens (including phenoxy) is 1. The van der Waals surface area contributed by atoms with E-state index in [-0.39, 0.29) is 19.7 Å². The summed E-state index contributed by atoms with van der Waals surface area (Å²) in [4.78, 5) is 12.6. The molecule has 0 aromatic carbocycles. The van der Waals surface area contributed by atoms with Crippen molar-refractivity contribution in [1.82, 2.24) is 4.90 Å². The molecule has 0 fully saturated rings. The van der Waals surface area contributed by atoms with E-state index in [0.29, 0.717) is 4.88 Å². The minimum absolute atomic E-state index is 0.0423. The first-order valence-corrected chi connectivity index (χ1v) is 5.70. The average molecular weight is 267 g/mol. The molecule has 1 amide bonds. The van der Waals surface area contributed by atoms with Crippen LogP contribution in [-0.4, -0.2) is 37.2 Å². The van der Waals surface area contributed by atoms with Gasteiger partial charge in [0.2, 0.25) is 0 Å². The van der Waals surface area contributed by atoms with Crippen LogP contribution in [0, 0.1) is 0 Å². The van der Waals surface area contributed by atoms with Crippen LogP contribution in [0.25, 0.3) is 0 Å². The molecule has 0 saturated carbocycles. The Balaban J connectivity index is 2.70. The zero-order valence-corrected chi connectivity index (χ0v) is 9.98. The van der Waals surface area contributed by atoms with E-state index in [2.05, 4.69) is 0 Å². The third kappa shape index (κ3) is 4.35. The van der Waals surface area contributed by atoms with Crippen molar-refractivity contribution in [3.05, 3.63) is 22.4 Å². The predicted octanol–water partition coefficient (Wildman–Crippen LogP) is 2.29. The minimum atomic E-state index is -4.84. The molecule has 3 nitrogen and oxygen atoms in total. The third-order valence-corrected chi connectivity index (χ3v) is 2.88. The van der Waals surface area contributed by atoms with Gasteiger partial charge in [-0.05, 0) is 11.4 Å². The van der Waals surface area contributed by atoms with Crippen molar-refractivity contribution in [2.75, 3.05) is 20.3 Å². The summed E-state index contributed by atoms with van der Waals surface area (Å²) in [5.74, 6) is -1.83. The number of halogens is 3. The van der Waals surface area contributed by atoms with Gasteiger partial charge in [0.25, 0.3) is 0 Å². The van der Waals surface area contributed by atoms with E-state index in [1.807, 2.05) is 0 Å². The highest BCUT2D eigenvalue weighted by Gasteiger charge is 2.42. The summed E-state index contributed by atoms with van der Waals surface area (Å²) >= 11 is 1.31. The molecule has 0 atom stereocenters. The molecule has 0 unspecified atom stereocenters. The normalized spacial score (nSPS) is 11.5. The summed E-state index contributed by atoms with van der Waals surface area (Å²) in [6.45, 7) is -0.0424. The van der Waals surface area contributed by atoms with E-state index in [1.165, 1.54) is 18.4 Å². The summed E-state index contributed by atoms with van der Waals surface area (Å²) < 4.78 is 41.7. The maximum Gasteiger partial charge on any atom is 0.471 e. The van der Waals surface area contributed by atoms with E-state index < -0.39 is 12.1 Å². The number of alkyl halides is 3. The second kappa shape index (κ2) is 6.02. The molecule has 0 aliphatic heterocycles. The van der Waals surface area contributed by atoms with Gasteiger partial charge in [0, 0.05) is 18.5 Å². The number of rotatable bonds is 5. The zero-order valence-electron chi connectivity index (χ0n) is 9.16. The Morgan fingerprint density at radius 1 is 1.53 bits per heavy atom. The molecule has 7 heteroatoms. The topological polar surface area (TPSA) is 29.5 Å². The van der Waals surface area contributed by atoms with E-state index in [4.69, 9.17) is 4.74 Å². The molecule has 96 valence electrons. The maximum atomic E-state index is 12.3. The Hall–Kier alpha value is -1.08. The Labute approximate surface area is 101 Å². The lowest BCUT2D eigenvalue weighted by Crippen LogP contribution is -2.42. The highest BCUT2D eigenvalue weighted by Crippen LogP contribution is 2.21. The molecule has 1 rings (SSSR count). The van der Waals surface area contributed by atoms with Gasteiger partial charge in [-0.1, -0.05) is 6.07 Å². The number of carbonyl (C=O) groups excluding carboxylic acids is 1. The van der Waals surface area contributed by atoms with Gasteiger partial charge in [-0.3, -0.25) is 4.79 Å². The molecule has 0 spiro atoms. The summed E-state index contributed by atoms with van der Waals surface area (Å²) in [7, 11) is 1.38. The van der Waals surface area contributed by atoms with Gasteiger partial charge in [-0.2, -0.15) is 13.2 Å². The minimum Gasteiger partial charge on any atom is -0.383 e. The number of hydrogen-bond acceptors (Lipinski definition) is 3. The number of carbonyl (C=O) groups is 1. The smallest absolute Gasteiger partial charge is 0.383 e. The first-order chi connectivity index (χ1) is 7.95. The zero-order chi connectivity index (χ0) is 12.9. The number of hydrogen-bond donors (Lipinski definition) is 0. The largest absolute Gasteiger partial charge is 0.471 e. The van der Waals surface area contributed by atoms with Gasteiger partial charge in [-0.25, -0.2) is 0 Å². The number of methoxy groups -OCH3 is 1. The predicted molar refractivity (Wildman–Crippen MR) is 57.7 cm³/mol. The first-order valence-electron chi connectivity index (χ1n) is 4.82. The van der Waals surface area contributed by atoms with Crippen LogP contribution in [0.2, 0.25) is 0 Å². The van der Waals surface area contributed by atoms with Crippen molar-refractivity contribution >= 4 is 17.2 Å². The molecular weight excluding hydrogens is 255 g/mol. The first kappa shape index (κ1) is 14.0. The fraction of sp³-hybridized carbons (Fsp3) is 0.500. The van der Waals surface area contributed by atoms with Crippen molar-refractivity contribution in [1.29, 1.82) is 0 Å². The lowest BCUT2D eigenvalue weighted by molar-refractivity contribution is -0.186. The molecule has 1 aromatic heterocycles. The van der Waals surface area contributed by atoms with Crippen LogP contribution in [0.3, 0.4) is 0 Å².